The average molecular weight is 229 g/mol. The van der Waals surface area contributed by atoms with E-state index in [-0.39, 0.29) is 5.78 Å². The maximum absolute atomic E-state index is 10.9. The fraction of sp³-hybridized carbons (Fsp3) is 0.125. The van der Waals surface area contributed by atoms with Gasteiger partial charge in [-0.05, 0) is 35.0 Å². The van der Waals surface area contributed by atoms with Gasteiger partial charge in [0, 0.05) is 21.7 Å². The zero-order chi connectivity index (χ0) is 9.14. The fourth-order valence-corrected chi connectivity index (χ4v) is 1.15. The SMILES string of the molecule is CC(=O)c1ccc(Br)c([NH+]=O)c1. The van der Waals surface area contributed by atoms with E-state index < -0.39 is 0 Å². The van der Waals surface area contributed by atoms with Crippen molar-refractivity contribution in [3.8, 4) is 0 Å². The first-order valence-electron chi connectivity index (χ1n) is 3.34. The van der Waals surface area contributed by atoms with E-state index in [9.17, 15) is 9.70 Å². The monoisotopic (exact) mass is 228 g/mol. The number of rotatable bonds is 2. The standard InChI is InChI=1S/C8H6BrNO2/c1-5(11)6-2-3-7(9)8(4-6)10-12/h2-4H,1H3/p+1. The molecule has 0 bridgehead atoms. The molecule has 62 valence electrons. The predicted molar refractivity (Wildman–Crippen MR) is 48.1 cm³/mol. The van der Waals surface area contributed by atoms with Crippen molar-refractivity contribution >= 4 is 27.4 Å². The van der Waals surface area contributed by atoms with Gasteiger partial charge in [-0.3, -0.25) is 4.79 Å². The molecule has 0 aliphatic heterocycles. The van der Waals surface area contributed by atoms with E-state index in [0.29, 0.717) is 15.7 Å². The summed E-state index contributed by atoms with van der Waals surface area (Å²) in [5, 5.41) is 1.74. The number of hydrogen-bond donors (Lipinski definition) is 1. The molecular weight excluding hydrogens is 222 g/mol. The van der Waals surface area contributed by atoms with Crippen LogP contribution in [0.3, 0.4) is 0 Å². The van der Waals surface area contributed by atoms with Crippen molar-refractivity contribution < 1.29 is 9.97 Å². The molecule has 0 radical (unpaired) electrons. The first kappa shape index (κ1) is 9.06. The Bertz CT molecular complexity index is 336. The van der Waals surface area contributed by atoms with Crippen LogP contribution in [0.4, 0.5) is 5.69 Å². The number of Topliss-reactive ketones (excluding diaryl/α,β-unsaturated/α-hetero) is 1. The van der Waals surface area contributed by atoms with Gasteiger partial charge in [-0.2, -0.15) is 0 Å². The molecule has 0 spiro atoms. The van der Waals surface area contributed by atoms with Gasteiger partial charge in [-0.25, -0.2) is 0 Å². The van der Waals surface area contributed by atoms with Gasteiger partial charge < -0.3 is 0 Å². The molecule has 0 aromatic heterocycles. The molecule has 0 unspecified atom stereocenters. The highest BCUT2D eigenvalue weighted by Gasteiger charge is 2.08. The Morgan fingerprint density at radius 3 is 2.67 bits per heavy atom. The van der Waals surface area contributed by atoms with Crippen LogP contribution in [0, 0.1) is 4.91 Å². The van der Waals surface area contributed by atoms with Crippen LogP contribution in [-0.2, 0) is 0 Å². The molecule has 4 heteroatoms. The highest BCUT2D eigenvalue weighted by Crippen LogP contribution is 2.18. The molecule has 12 heavy (non-hydrogen) atoms. The maximum Gasteiger partial charge on any atom is 0.268 e. The number of ketones is 1. The minimum atomic E-state index is -0.0565. The quantitative estimate of drug-likeness (QED) is 0.772. The minimum absolute atomic E-state index is 0.0565. The van der Waals surface area contributed by atoms with Crippen LogP contribution < -0.4 is 5.18 Å². The summed E-state index contributed by atoms with van der Waals surface area (Å²) in [6, 6.07) is 4.84. The van der Waals surface area contributed by atoms with Gasteiger partial charge >= 0.3 is 0 Å². The van der Waals surface area contributed by atoms with E-state index >= 15 is 0 Å². The highest BCUT2D eigenvalue weighted by atomic mass is 79.9. The zero-order valence-electron chi connectivity index (χ0n) is 6.43. The molecule has 0 atom stereocenters. The molecule has 1 rings (SSSR count). The van der Waals surface area contributed by atoms with Crippen molar-refractivity contribution in [2.45, 2.75) is 6.92 Å². The van der Waals surface area contributed by atoms with Crippen molar-refractivity contribution in [3.63, 3.8) is 0 Å². The van der Waals surface area contributed by atoms with Crippen molar-refractivity contribution in [3.05, 3.63) is 33.1 Å². The molecule has 0 aliphatic carbocycles. The van der Waals surface area contributed by atoms with E-state index in [2.05, 4.69) is 15.9 Å². The molecule has 1 N–H and O–H groups in total. The largest absolute Gasteiger partial charge is 0.295 e. The smallest absolute Gasteiger partial charge is 0.268 e. The van der Waals surface area contributed by atoms with Crippen LogP contribution >= 0.6 is 15.9 Å². The van der Waals surface area contributed by atoms with Crippen molar-refractivity contribution in [1.29, 1.82) is 0 Å². The second kappa shape index (κ2) is 3.58. The molecule has 0 saturated carbocycles. The second-order valence-electron chi connectivity index (χ2n) is 2.35. The third-order valence-corrected chi connectivity index (χ3v) is 2.17. The first-order chi connectivity index (χ1) is 5.65. The highest BCUT2D eigenvalue weighted by molar-refractivity contribution is 9.10. The van der Waals surface area contributed by atoms with Crippen molar-refractivity contribution in [1.82, 2.24) is 0 Å². The lowest BCUT2D eigenvalue weighted by atomic mass is 10.1. The number of carbonyl (C=O) groups is 1. The Hall–Kier alpha value is -1.03. The fourth-order valence-electron chi connectivity index (χ4n) is 0.822. The van der Waals surface area contributed by atoms with Crippen LogP contribution in [0.15, 0.2) is 22.7 Å². The molecule has 1 aromatic carbocycles. The van der Waals surface area contributed by atoms with E-state index in [0.717, 1.165) is 0 Å². The average Bonchev–Trinajstić information content (AvgIpc) is 2.05. The maximum atomic E-state index is 10.9. The summed E-state index contributed by atoms with van der Waals surface area (Å²) < 4.78 is 0.655. The molecule has 1 aromatic rings. The zero-order valence-corrected chi connectivity index (χ0v) is 8.01. The Balaban J connectivity index is 3.22. The third-order valence-electron chi connectivity index (χ3n) is 1.48. The minimum Gasteiger partial charge on any atom is -0.295 e. The lowest BCUT2D eigenvalue weighted by Crippen LogP contribution is -2.56. The summed E-state index contributed by atoms with van der Waals surface area (Å²) in [4.78, 5) is 21.2. The number of halogens is 1. The van der Waals surface area contributed by atoms with Crippen LogP contribution in [0.1, 0.15) is 17.3 Å². The predicted octanol–water partition coefficient (Wildman–Crippen LogP) is 1.13. The number of nitroso groups, excluding NO2 is 1. The first-order valence-corrected chi connectivity index (χ1v) is 4.13. The normalized spacial score (nSPS) is 9.50. The summed E-state index contributed by atoms with van der Waals surface area (Å²) in [7, 11) is 0. The van der Waals surface area contributed by atoms with Crippen LogP contribution in [0.2, 0.25) is 0 Å². The number of carbonyl (C=O) groups excluding carboxylic acids is 1. The molecule has 0 aliphatic rings. The summed E-state index contributed by atoms with van der Waals surface area (Å²) >= 11 is 3.17. The Kier molecular flexibility index (Phi) is 2.70. The Labute approximate surface area is 77.9 Å². The van der Waals surface area contributed by atoms with Gasteiger partial charge in [-0.1, -0.05) is 0 Å². The molecule has 0 heterocycles. The molecular formula is C8H7BrNO2+. The molecule has 0 fully saturated rings. The van der Waals surface area contributed by atoms with E-state index in [4.69, 9.17) is 0 Å². The van der Waals surface area contributed by atoms with E-state index in [1.54, 1.807) is 17.3 Å². The summed E-state index contributed by atoms with van der Waals surface area (Å²) in [5.41, 5.74) is 0.902. The molecule has 0 amide bonds. The van der Waals surface area contributed by atoms with Gasteiger partial charge in [0.25, 0.3) is 5.69 Å². The van der Waals surface area contributed by atoms with Crippen LogP contribution in [-0.4, -0.2) is 5.78 Å². The topological polar surface area (TPSA) is 48.1 Å². The van der Waals surface area contributed by atoms with Crippen molar-refractivity contribution in [2.75, 3.05) is 0 Å². The van der Waals surface area contributed by atoms with E-state index in [1.807, 2.05) is 0 Å². The molecule has 3 nitrogen and oxygen atoms in total. The lowest BCUT2D eigenvalue weighted by Gasteiger charge is -1.93. The third kappa shape index (κ3) is 1.76. The Morgan fingerprint density at radius 2 is 2.17 bits per heavy atom. The lowest BCUT2D eigenvalue weighted by molar-refractivity contribution is -0.380. The summed E-state index contributed by atoms with van der Waals surface area (Å²) in [5.74, 6) is -0.0565. The van der Waals surface area contributed by atoms with Crippen molar-refractivity contribution in [2.24, 2.45) is 0 Å². The summed E-state index contributed by atoms with van der Waals surface area (Å²) in [6.45, 7) is 1.46. The Morgan fingerprint density at radius 1 is 1.50 bits per heavy atom. The van der Waals surface area contributed by atoms with Gasteiger partial charge in [0.05, 0.1) is 4.47 Å². The van der Waals surface area contributed by atoms with Gasteiger partial charge in [-0.15, -0.1) is 0 Å². The van der Waals surface area contributed by atoms with Gasteiger partial charge in [0.2, 0.25) is 0 Å². The number of benzene rings is 1. The van der Waals surface area contributed by atoms with Crippen LogP contribution in [0.5, 0.6) is 0 Å². The number of hydrogen-bond acceptors (Lipinski definition) is 2. The van der Waals surface area contributed by atoms with Gasteiger partial charge in [0.15, 0.2) is 5.78 Å². The summed E-state index contributed by atoms with van der Waals surface area (Å²) in [6.07, 6.45) is 0. The van der Waals surface area contributed by atoms with Gasteiger partial charge in [0.1, 0.15) is 0 Å². The van der Waals surface area contributed by atoms with E-state index in [1.165, 1.54) is 13.0 Å². The second-order valence-corrected chi connectivity index (χ2v) is 3.21. The number of nitrogens with one attached hydrogen (secondary N) is 1. The molecule has 0 saturated heterocycles. The van der Waals surface area contributed by atoms with Crippen LogP contribution in [0.25, 0.3) is 0 Å².